The number of primary amides is 1. The van der Waals surface area contributed by atoms with Gasteiger partial charge in [0.05, 0.1) is 24.4 Å². The average molecular weight is 472 g/mol. The number of ether oxygens (including phenoxy) is 1. The maximum atomic E-state index is 13.7. The predicted molar refractivity (Wildman–Crippen MR) is 119 cm³/mol. The van der Waals surface area contributed by atoms with Gasteiger partial charge in [-0.25, -0.2) is 0 Å². The number of Topliss-reactive ketones (excluding diaryl/α,β-unsaturated/α-hetero) is 2. The van der Waals surface area contributed by atoms with Crippen LogP contribution in [0.2, 0.25) is 0 Å². The molecule has 0 aromatic heterocycles. The molecule has 1 aromatic rings. The summed E-state index contributed by atoms with van der Waals surface area (Å²) in [5, 5.41) is 44.5. The first-order chi connectivity index (χ1) is 15.8. The smallest absolute Gasteiger partial charge is 0.230 e. The molecule has 5 rings (SSSR count). The summed E-state index contributed by atoms with van der Waals surface area (Å²) in [5.74, 6) is -8.03. The van der Waals surface area contributed by atoms with Gasteiger partial charge in [-0.1, -0.05) is 32.9 Å². The summed E-state index contributed by atoms with van der Waals surface area (Å²) in [6, 6.07) is 3.78. The highest BCUT2D eigenvalue weighted by atomic mass is 16.5. The van der Waals surface area contributed by atoms with E-state index >= 15 is 0 Å². The maximum Gasteiger partial charge on any atom is 0.230 e. The Morgan fingerprint density at radius 1 is 1.21 bits per heavy atom. The van der Waals surface area contributed by atoms with E-state index in [2.05, 4.69) is 13.8 Å². The molecule has 2 fully saturated rings. The minimum absolute atomic E-state index is 0.239. The van der Waals surface area contributed by atoms with Gasteiger partial charge in [0.1, 0.15) is 17.4 Å². The molecule has 9 nitrogen and oxygen atoms in total. The summed E-state index contributed by atoms with van der Waals surface area (Å²) < 4.78 is 5.94. The molecule has 0 spiro atoms. The highest BCUT2D eigenvalue weighted by Crippen LogP contribution is 2.56. The third kappa shape index (κ3) is 2.68. The Bertz CT molecular complexity index is 1170. The highest BCUT2D eigenvalue weighted by Gasteiger charge is 2.67. The first-order valence-electron chi connectivity index (χ1n) is 11.5. The molecule has 34 heavy (non-hydrogen) atoms. The number of carbonyl (C=O) groups is 3. The number of ketones is 2. The standard InChI is InChI=1S/C25H29NO8/c1-9-10-4-5-11-20(34-7-6-24(11,2)3)15(10)19(29)17-14(9)18(28)12-8-13(27)16(23(26)32)21(30)25(12,33)22(17)31/h4-5,9,12-14,16,18,27-29,33H,6-8H2,1-3H3,(H2,26,32)/t9-,12+,13?,14+,16?,18+,25+/m0/s1. The highest BCUT2D eigenvalue weighted by molar-refractivity contribution is 6.25. The van der Waals surface area contributed by atoms with Crippen LogP contribution in [0.1, 0.15) is 56.2 Å². The van der Waals surface area contributed by atoms with E-state index in [9.17, 15) is 34.8 Å². The van der Waals surface area contributed by atoms with Crippen molar-refractivity contribution in [3.63, 3.8) is 0 Å². The van der Waals surface area contributed by atoms with Crippen LogP contribution in [0, 0.1) is 17.8 Å². The van der Waals surface area contributed by atoms with Crippen molar-refractivity contribution in [2.24, 2.45) is 23.5 Å². The topological polar surface area (TPSA) is 167 Å². The monoisotopic (exact) mass is 471 g/mol. The summed E-state index contributed by atoms with van der Waals surface area (Å²) in [7, 11) is 0. The van der Waals surface area contributed by atoms with E-state index < -0.39 is 64.7 Å². The number of benzene rings is 1. The zero-order chi connectivity index (χ0) is 24.9. The van der Waals surface area contributed by atoms with Crippen LogP contribution in [0.25, 0.3) is 5.76 Å². The minimum Gasteiger partial charge on any atom is -0.507 e. The Kier molecular flexibility index (Phi) is 4.83. The summed E-state index contributed by atoms with van der Waals surface area (Å²) in [5.41, 5.74) is 3.84. The van der Waals surface area contributed by atoms with Gasteiger partial charge in [0.2, 0.25) is 11.7 Å². The zero-order valence-electron chi connectivity index (χ0n) is 19.2. The number of aliphatic hydroxyl groups is 4. The Morgan fingerprint density at radius 3 is 2.53 bits per heavy atom. The largest absolute Gasteiger partial charge is 0.507 e. The Morgan fingerprint density at radius 2 is 1.88 bits per heavy atom. The van der Waals surface area contributed by atoms with Gasteiger partial charge in [0.15, 0.2) is 11.4 Å². The summed E-state index contributed by atoms with van der Waals surface area (Å²) in [4.78, 5) is 38.7. The van der Waals surface area contributed by atoms with E-state index in [0.29, 0.717) is 23.5 Å². The van der Waals surface area contributed by atoms with Crippen molar-refractivity contribution in [3.05, 3.63) is 34.4 Å². The second-order valence-corrected chi connectivity index (χ2v) is 10.7. The number of carbonyl (C=O) groups excluding carboxylic acids is 3. The van der Waals surface area contributed by atoms with Crippen LogP contribution in [-0.2, 0) is 19.8 Å². The van der Waals surface area contributed by atoms with E-state index in [1.807, 2.05) is 12.1 Å². The molecule has 1 heterocycles. The van der Waals surface area contributed by atoms with Crippen molar-refractivity contribution in [3.8, 4) is 5.75 Å². The van der Waals surface area contributed by atoms with Crippen LogP contribution in [0.4, 0.5) is 0 Å². The van der Waals surface area contributed by atoms with E-state index in [1.54, 1.807) is 6.92 Å². The summed E-state index contributed by atoms with van der Waals surface area (Å²) in [6.07, 6.45) is -2.58. The van der Waals surface area contributed by atoms with Crippen LogP contribution in [-0.4, -0.2) is 62.3 Å². The molecule has 4 aliphatic rings. The quantitative estimate of drug-likeness (QED) is 0.369. The summed E-state index contributed by atoms with van der Waals surface area (Å²) in [6.45, 7) is 6.32. The number of aliphatic hydroxyl groups excluding tert-OH is 3. The molecule has 0 bridgehead atoms. The molecule has 9 heteroatoms. The van der Waals surface area contributed by atoms with Crippen molar-refractivity contribution in [2.45, 2.75) is 62.8 Å². The van der Waals surface area contributed by atoms with Crippen molar-refractivity contribution in [2.75, 3.05) is 6.61 Å². The van der Waals surface area contributed by atoms with Gasteiger partial charge >= 0.3 is 0 Å². The van der Waals surface area contributed by atoms with Gasteiger partial charge in [0, 0.05) is 23.0 Å². The fourth-order valence-corrected chi connectivity index (χ4v) is 6.51. The molecule has 2 saturated carbocycles. The summed E-state index contributed by atoms with van der Waals surface area (Å²) >= 11 is 0. The van der Waals surface area contributed by atoms with Crippen molar-refractivity contribution in [1.82, 2.24) is 0 Å². The lowest BCUT2D eigenvalue weighted by molar-refractivity contribution is -0.186. The number of rotatable bonds is 1. The maximum absolute atomic E-state index is 13.7. The minimum atomic E-state index is -2.79. The number of hydrogen-bond donors (Lipinski definition) is 5. The zero-order valence-corrected chi connectivity index (χ0v) is 19.2. The fourth-order valence-electron chi connectivity index (χ4n) is 6.51. The van der Waals surface area contributed by atoms with Gasteiger partial charge < -0.3 is 30.9 Å². The van der Waals surface area contributed by atoms with Gasteiger partial charge in [-0.15, -0.1) is 0 Å². The first kappa shape index (κ1) is 23.0. The van der Waals surface area contributed by atoms with Gasteiger partial charge in [-0.3, -0.25) is 14.4 Å². The van der Waals surface area contributed by atoms with Crippen molar-refractivity contribution < 1.29 is 39.5 Å². The van der Waals surface area contributed by atoms with Gasteiger partial charge in [-0.2, -0.15) is 0 Å². The molecule has 6 N–H and O–H groups in total. The Labute approximate surface area is 196 Å². The van der Waals surface area contributed by atoms with Crippen LogP contribution in [0.3, 0.4) is 0 Å². The van der Waals surface area contributed by atoms with Crippen LogP contribution >= 0.6 is 0 Å². The molecule has 0 saturated heterocycles. The van der Waals surface area contributed by atoms with Gasteiger partial charge in [0.25, 0.3) is 0 Å². The predicted octanol–water partition coefficient (Wildman–Crippen LogP) is 0.475. The van der Waals surface area contributed by atoms with Crippen LogP contribution < -0.4 is 10.5 Å². The second-order valence-electron chi connectivity index (χ2n) is 10.7. The normalized spacial score (nSPS) is 38.3. The van der Waals surface area contributed by atoms with Crippen molar-refractivity contribution in [1.29, 1.82) is 0 Å². The molecule has 1 aliphatic heterocycles. The van der Waals surface area contributed by atoms with E-state index in [4.69, 9.17) is 10.5 Å². The number of nitrogens with two attached hydrogens (primary N) is 1. The Balaban J connectivity index is 1.74. The third-order valence-electron chi connectivity index (χ3n) is 8.50. The fraction of sp³-hybridized carbons (Fsp3) is 0.560. The molecule has 3 aliphatic carbocycles. The molecule has 0 radical (unpaired) electrons. The molecule has 1 aromatic carbocycles. The van der Waals surface area contributed by atoms with Gasteiger partial charge in [-0.05, 0) is 29.7 Å². The second kappa shape index (κ2) is 7.13. The Hall–Kier alpha value is -2.75. The number of fused-ring (bicyclic) bond motifs is 5. The lowest BCUT2D eigenvalue weighted by atomic mass is 9.53. The molecule has 182 valence electrons. The van der Waals surface area contributed by atoms with E-state index in [-0.39, 0.29) is 17.4 Å². The van der Waals surface area contributed by atoms with E-state index in [1.165, 1.54) is 0 Å². The lowest BCUT2D eigenvalue weighted by Gasteiger charge is -2.52. The molecule has 1 amide bonds. The third-order valence-corrected chi connectivity index (χ3v) is 8.50. The van der Waals surface area contributed by atoms with Crippen LogP contribution in [0.15, 0.2) is 17.7 Å². The number of amides is 1. The van der Waals surface area contributed by atoms with Crippen molar-refractivity contribution >= 4 is 23.2 Å². The number of hydrogen-bond acceptors (Lipinski definition) is 8. The molecule has 2 unspecified atom stereocenters. The van der Waals surface area contributed by atoms with E-state index in [0.717, 1.165) is 12.0 Å². The molecule has 7 atom stereocenters. The molecular weight excluding hydrogens is 442 g/mol. The lowest BCUT2D eigenvalue weighted by Crippen LogP contribution is -2.70. The first-order valence-corrected chi connectivity index (χ1v) is 11.5. The average Bonchev–Trinajstić information content (AvgIpc) is 2.75. The SMILES string of the molecule is C[C@H]1c2ccc3c(c2C(O)=C2C(=O)[C@]4(O)C(=O)C(C(N)=O)C(O)C[C@@H]4[C@@H](O)[C@@H]21)OCCC3(C)C. The molecular formula is C25H29NO8. The van der Waals surface area contributed by atoms with Crippen LogP contribution in [0.5, 0.6) is 5.75 Å².